The van der Waals surface area contributed by atoms with Crippen LogP contribution in [0.3, 0.4) is 0 Å². The first-order chi connectivity index (χ1) is 11.7. The van der Waals surface area contributed by atoms with Gasteiger partial charge in [0.05, 0.1) is 13.2 Å². The molecule has 1 aromatic rings. The van der Waals surface area contributed by atoms with Gasteiger partial charge in [-0.05, 0) is 37.9 Å². The first kappa shape index (κ1) is 17.0. The summed E-state index contributed by atoms with van der Waals surface area (Å²) >= 11 is 0. The number of rotatable bonds is 6. The minimum absolute atomic E-state index is 0.161. The number of aliphatic hydroxyl groups is 1. The molecule has 2 fully saturated rings. The number of piperidine rings is 1. The van der Waals surface area contributed by atoms with E-state index in [0.717, 1.165) is 51.1 Å². The lowest BCUT2D eigenvalue weighted by atomic mass is 10.1. The summed E-state index contributed by atoms with van der Waals surface area (Å²) in [5.74, 6) is 1.49. The first-order valence-electron chi connectivity index (χ1n) is 8.69. The van der Waals surface area contributed by atoms with Gasteiger partial charge in [0.15, 0.2) is 11.5 Å². The number of hydrogen-bond donors (Lipinski definition) is 1. The van der Waals surface area contributed by atoms with Crippen LogP contribution in [0.4, 0.5) is 5.69 Å². The van der Waals surface area contributed by atoms with Crippen molar-refractivity contribution in [1.82, 2.24) is 4.90 Å². The number of aliphatic hydroxyl groups excluding tert-OH is 1. The van der Waals surface area contributed by atoms with Crippen molar-refractivity contribution in [3.63, 3.8) is 0 Å². The molecule has 3 rings (SSSR count). The van der Waals surface area contributed by atoms with Crippen molar-refractivity contribution in [3.8, 4) is 11.5 Å². The molecule has 132 valence electrons. The summed E-state index contributed by atoms with van der Waals surface area (Å²) < 4.78 is 11.3. The van der Waals surface area contributed by atoms with E-state index < -0.39 is 0 Å². The largest absolute Gasteiger partial charge is 0.493 e. The molecule has 1 aromatic carbocycles. The lowest BCUT2D eigenvalue weighted by Crippen LogP contribution is -2.40. The standard InChI is InChI=1S/C18H26N2O4/c1-23-17-12-14(20-9-3-5-18(20)22)6-7-16(17)24-11-10-19-8-2-4-15(21)13-19/h6-7,12,15,21H,2-5,8-11,13H2,1H3. The molecule has 2 aliphatic rings. The Kier molecular flexibility index (Phi) is 5.58. The van der Waals surface area contributed by atoms with Crippen molar-refractivity contribution in [2.75, 3.05) is 44.8 Å². The maximum Gasteiger partial charge on any atom is 0.227 e. The third kappa shape index (κ3) is 3.99. The van der Waals surface area contributed by atoms with Crippen molar-refractivity contribution in [2.24, 2.45) is 0 Å². The lowest BCUT2D eigenvalue weighted by Gasteiger charge is -2.29. The number of nitrogens with zero attached hydrogens (tertiary/aromatic N) is 2. The second-order valence-electron chi connectivity index (χ2n) is 6.43. The van der Waals surface area contributed by atoms with Crippen molar-refractivity contribution in [3.05, 3.63) is 18.2 Å². The highest BCUT2D eigenvalue weighted by molar-refractivity contribution is 5.95. The van der Waals surface area contributed by atoms with Gasteiger partial charge in [-0.2, -0.15) is 0 Å². The zero-order valence-corrected chi connectivity index (χ0v) is 14.2. The van der Waals surface area contributed by atoms with Crippen molar-refractivity contribution >= 4 is 11.6 Å². The molecule has 1 unspecified atom stereocenters. The molecule has 0 bridgehead atoms. The van der Waals surface area contributed by atoms with E-state index in [1.165, 1.54) is 0 Å². The number of β-amino-alcohol motifs (C(OH)–C–C–N with tert-alkyl or cyclic N) is 1. The van der Waals surface area contributed by atoms with Gasteiger partial charge in [-0.3, -0.25) is 9.69 Å². The summed E-state index contributed by atoms with van der Waals surface area (Å²) in [7, 11) is 1.61. The number of carbonyl (C=O) groups is 1. The minimum atomic E-state index is -0.217. The lowest BCUT2D eigenvalue weighted by molar-refractivity contribution is -0.117. The Bertz CT molecular complexity index is 578. The van der Waals surface area contributed by atoms with Gasteiger partial charge in [0.1, 0.15) is 6.61 Å². The molecule has 2 aliphatic heterocycles. The Morgan fingerprint density at radius 3 is 2.83 bits per heavy atom. The summed E-state index contributed by atoms with van der Waals surface area (Å²) in [5.41, 5.74) is 0.862. The van der Waals surface area contributed by atoms with Crippen LogP contribution in [0.5, 0.6) is 11.5 Å². The third-order valence-corrected chi connectivity index (χ3v) is 4.68. The maximum atomic E-state index is 11.9. The SMILES string of the molecule is COc1cc(N2CCCC2=O)ccc1OCCN1CCCC(O)C1. The fourth-order valence-corrected chi connectivity index (χ4v) is 3.38. The number of carbonyl (C=O) groups excluding carboxylic acids is 1. The second kappa shape index (κ2) is 7.85. The van der Waals surface area contributed by atoms with Crippen LogP contribution in [-0.2, 0) is 4.79 Å². The fraction of sp³-hybridized carbons (Fsp3) is 0.611. The number of benzene rings is 1. The zero-order valence-electron chi connectivity index (χ0n) is 14.2. The number of likely N-dealkylation sites (tertiary alicyclic amines) is 1. The quantitative estimate of drug-likeness (QED) is 0.857. The Hall–Kier alpha value is -1.79. The van der Waals surface area contributed by atoms with Gasteiger partial charge in [0, 0.05) is 37.8 Å². The predicted molar refractivity (Wildman–Crippen MR) is 91.8 cm³/mol. The monoisotopic (exact) mass is 334 g/mol. The number of anilines is 1. The molecule has 2 heterocycles. The molecule has 24 heavy (non-hydrogen) atoms. The Balaban J connectivity index is 1.58. The summed E-state index contributed by atoms with van der Waals surface area (Å²) in [6.45, 7) is 3.82. The van der Waals surface area contributed by atoms with Crippen LogP contribution in [0.1, 0.15) is 25.7 Å². The smallest absolute Gasteiger partial charge is 0.227 e. The van der Waals surface area contributed by atoms with E-state index in [0.29, 0.717) is 24.5 Å². The molecule has 0 aromatic heterocycles. The van der Waals surface area contributed by atoms with Crippen molar-refractivity contribution in [1.29, 1.82) is 0 Å². The minimum Gasteiger partial charge on any atom is -0.493 e. The average molecular weight is 334 g/mol. The van der Waals surface area contributed by atoms with E-state index in [4.69, 9.17) is 9.47 Å². The van der Waals surface area contributed by atoms with Crippen LogP contribution in [0.2, 0.25) is 0 Å². The van der Waals surface area contributed by atoms with Crippen LogP contribution < -0.4 is 14.4 Å². The number of methoxy groups -OCH3 is 1. The van der Waals surface area contributed by atoms with Gasteiger partial charge < -0.3 is 19.5 Å². The summed E-state index contributed by atoms with van der Waals surface area (Å²) in [6.07, 6.45) is 3.22. The highest BCUT2D eigenvalue weighted by atomic mass is 16.5. The number of hydrogen-bond acceptors (Lipinski definition) is 5. The first-order valence-corrected chi connectivity index (χ1v) is 8.69. The Morgan fingerprint density at radius 2 is 2.12 bits per heavy atom. The van der Waals surface area contributed by atoms with E-state index >= 15 is 0 Å². The Morgan fingerprint density at radius 1 is 1.25 bits per heavy atom. The van der Waals surface area contributed by atoms with Crippen LogP contribution in [0, 0.1) is 0 Å². The van der Waals surface area contributed by atoms with Gasteiger partial charge >= 0.3 is 0 Å². The summed E-state index contributed by atoms with van der Waals surface area (Å²) in [5, 5.41) is 9.70. The normalized spacial score (nSPS) is 22.0. The highest BCUT2D eigenvalue weighted by Crippen LogP contribution is 2.33. The van der Waals surface area contributed by atoms with E-state index in [2.05, 4.69) is 4.90 Å². The maximum absolute atomic E-state index is 11.9. The average Bonchev–Trinajstić information content (AvgIpc) is 3.01. The molecule has 6 heteroatoms. The van der Waals surface area contributed by atoms with Crippen LogP contribution >= 0.6 is 0 Å². The van der Waals surface area contributed by atoms with E-state index in [1.54, 1.807) is 12.0 Å². The molecular formula is C18H26N2O4. The fourth-order valence-electron chi connectivity index (χ4n) is 3.38. The van der Waals surface area contributed by atoms with Gasteiger partial charge in [0.2, 0.25) is 5.91 Å². The molecule has 1 N–H and O–H groups in total. The second-order valence-corrected chi connectivity index (χ2v) is 6.43. The number of amides is 1. The molecule has 1 amide bonds. The molecule has 0 saturated carbocycles. The van der Waals surface area contributed by atoms with Gasteiger partial charge in [0.25, 0.3) is 0 Å². The van der Waals surface area contributed by atoms with Crippen LogP contribution in [0.25, 0.3) is 0 Å². The topological polar surface area (TPSA) is 62.2 Å². The molecule has 2 saturated heterocycles. The summed E-state index contributed by atoms with van der Waals surface area (Å²) in [4.78, 5) is 15.9. The van der Waals surface area contributed by atoms with E-state index in [1.807, 2.05) is 18.2 Å². The molecule has 0 aliphatic carbocycles. The molecule has 0 radical (unpaired) electrons. The van der Waals surface area contributed by atoms with Crippen LogP contribution in [0.15, 0.2) is 18.2 Å². The van der Waals surface area contributed by atoms with Gasteiger partial charge in [-0.1, -0.05) is 0 Å². The molecule has 6 nitrogen and oxygen atoms in total. The number of ether oxygens (including phenoxy) is 2. The van der Waals surface area contributed by atoms with Crippen LogP contribution in [-0.4, -0.2) is 61.9 Å². The molecule has 0 spiro atoms. The zero-order chi connectivity index (χ0) is 16.9. The highest BCUT2D eigenvalue weighted by Gasteiger charge is 2.23. The third-order valence-electron chi connectivity index (χ3n) is 4.68. The van der Waals surface area contributed by atoms with Crippen molar-refractivity contribution < 1.29 is 19.4 Å². The van der Waals surface area contributed by atoms with Gasteiger partial charge in [-0.15, -0.1) is 0 Å². The van der Waals surface area contributed by atoms with Crippen molar-refractivity contribution in [2.45, 2.75) is 31.8 Å². The van der Waals surface area contributed by atoms with E-state index in [9.17, 15) is 9.90 Å². The van der Waals surface area contributed by atoms with E-state index in [-0.39, 0.29) is 12.0 Å². The predicted octanol–water partition coefficient (Wildman–Crippen LogP) is 1.66. The van der Waals surface area contributed by atoms with Gasteiger partial charge in [-0.25, -0.2) is 0 Å². The molecular weight excluding hydrogens is 308 g/mol. The molecule has 1 atom stereocenters. The Labute approximate surface area is 143 Å². The summed E-state index contributed by atoms with van der Waals surface area (Å²) in [6, 6.07) is 5.64.